The van der Waals surface area contributed by atoms with Gasteiger partial charge in [-0.15, -0.1) is 11.3 Å². The van der Waals surface area contributed by atoms with Gasteiger partial charge in [-0.1, -0.05) is 40.5 Å². The van der Waals surface area contributed by atoms with Crippen LogP contribution in [0.5, 0.6) is 0 Å². The fourth-order valence-electron chi connectivity index (χ4n) is 1.84. The minimum absolute atomic E-state index is 0.176. The standard InChI is InChI=1S/C14H15BrClNS/c1-2-7-17-14(13-4-3-8-18-13)11-9-10(15)5-6-12(11)16/h3-6,8-9,14,17H,2,7H2,1H3. The number of hydrogen-bond acceptors (Lipinski definition) is 2. The smallest absolute Gasteiger partial charge is 0.0686 e. The molecule has 0 fully saturated rings. The minimum atomic E-state index is 0.176. The fourth-order valence-corrected chi connectivity index (χ4v) is 3.27. The van der Waals surface area contributed by atoms with Gasteiger partial charge in [0.25, 0.3) is 0 Å². The highest BCUT2D eigenvalue weighted by Crippen LogP contribution is 2.32. The third-order valence-corrected chi connectivity index (χ3v) is 4.47. The first kappa shape index (κ1) is 14.1. The van der Waals surface area contributed by atoms with Crippen molar-refractivity contribution in [2.45, 2.75) is 19.4 Å². The minimum Gasteiger partial charge on any atom is -0.306 e. The van der Waals surface area contributed by atoms with E-state index in [1.165, 1.54) is 4.88 Å². The summed E-state index contributed by atoms with van der Waals surface area (Å²) in [5.74, 6) is 0. The average Bonchev–Trinajstić information content (AvgIpc) is 2.88. The van der Waals surface area contributed by atoms with Gasteiger partial charge in [0.1, 0.15) is 0 Å². The lowest BCUT2D eigenvalue weighted by atomic mass is 10.1. The first-order chi connectivity index (χ1) is 8.72. The number of hydrogen-bond donors (Lipinski definition) is 1. The molecule has 0 aliphatic rings. The summed E-state index contributed by atoms with van der Waals surface area (Å²) in [5.41, 5.74) is 1.13. The predicted molar refractivity (Wildman–Crippen MR) is 83.6 cm³/mol. The Labute approximate surface area is 125 Å². The van der Waals surface area contributed by atoms with Gasteiger partial charge in [-0.3, -0.25) is 0 Å². The molecule has 0 aliphatic heterocycles. The summed E-state index contributed by atoms with van der Waals surface area (Å²) in [5, 5.41) is 6.47. The van der Waals surface area contributed by atoms with E-state index in [1.54, 1.807) is 11.3 Å². The first-order valence-corrected chi connectivity index (χ1v) is 7.99. The number of benzene rings is 1. The molecule has 96 valence electrons. The van der Waals surface area contributed by atoms with E-state index in [2.05, 4.69) is 51.7 Å². The maximum absolute atomic E-state index is 6.33. The molecule has 4 heteroatoms. The van der Waals surface area contributed by atoms with Gasteiger partial charge in [0, 0.05) is 14.4 Å². The Balaban J connectivity index is 2.36. The number of halogens is 2. The van der Waals surface area contributed by atoms with Gasteiger partial charge in [-0.05, 0) is 48.2 Å². The lowest BCUT2D eigenvalue weighted by Gasteiger charge is -2.19. The normalized spacial score (nSPS) is 12.6. The van der Waals surface area contributed by atoms with Crippen LogP contribution in [0, 0.1) is 0 Å². The average molecular weight is 345 g/mol. The highest BCUT2D eigenvalue weighted by atomic mass is 79.9. The van der Waals surface area contributed by atoms with Crippen molar-refractivity contribution in [3.05, 3.63) is 55.6 Å². The molecule has 1 heterocycles. The molecule has 18 heavy (non-hydrogen) atoms. The van der Waals surface area contributed by atoms with Gasteiger partial charge in [-0.2, -0.15) is 0 Å². The number of rotatable bonds is 5. The second kappa shape index (κ2) is 6.71. The topological polar surface area (TPSA) is 12.0 Å². The van der Waals surface area contributed by atoms with Gasteiger partial charge in [0.15, 0.2) is 0 Å². The maximum Gasteiger partial charge on any atom is 0.0686 e. The van der Waals surface area contributed by atoms with Crippen LogP contribution in [0.25, 0.3) is 0 Å². The largest absolute Gasteiger partial charge is 0.306 e. The second-order valence-electron chi connectivity index (χ2n) is 4.07. The molecule has 1 unspecified atom stereocenters. The van der Waals surface area contributed by atoms with Gasteiger partial charge in [0.2, 0.25) is 0 Å². The Bertz CT molecular complexity index is 499. The zero-order chi connectivity index (χ0) is 13.0. The lowest BCUT2D eigenvalue weighted by molar-refractivity contribution is 0.606. The Morgan fingerprint density at radius 2 is 2.22 bits per heavy atom. The van der Waals surface area contributed by atoms with E-state index in [4.69, 9.17) is 11.6 Å². The summed E-state index contributed by atoms with van der Waals surface area (Å²) >= 11 is 11.6. The fraction of sp³-hybridized carbons (Fsp3) is 0.286. The van der Waals surface area contributed by atoms with Crippen LogP contribution in [-0.4, -0.2) is 6.54 Å². The zero-order valence-corrected chi connectivity index (χ0v) is 13.3. The zero-order valence-electron chi connectivity index (χ0n) is 10.1. The predicted octanol–water partition coefficient (Wildman–Crippen LogP) is 5.25. The number of nitrogens with one attached hydrogen (secondary N) is 1. The lowest BCUT2D eigenvalue weighted by Crippen LogP contribution is -2.22. The molecule has 0 radical (unpaired) electrons. The molecular weight excluding hydrogens is 330 g/mol. The van der Waals surface area contributed by atoms with Crippen LogP contribution >= 0.6 is 38.9 Å². The third-order valence-electron chi connectivity index (χ3n) is 2.70. The van der Waals surface area contributed by atoms with Gasteiger partial charge < -0.3 is 5.32 Å². The molecule has 1 nitrogen and oxygen atoms in total. The molecule has 0 saturated carbocycles. The van der Waals surface area contributed by atoms with Gasteiger partial charge in [-0.25, -0.2) is 0 Å². The molecule has 1 N–H and O–H groups in total. The molecule has 0 aliphatic carbocycles. The van der Waals surface area contributed by atoms with E-state index >= 15 is 0 Å². The van der Waals surface area contributed by atoms with Crippen LogP contribution in [0.4, 0.5) is 0 Å². The van der Waals surface area contributed by atoms with Crippen LogP contribution in [0.3, 0.4) is 0 Å². The van der Waals surface area contributed by atoms with E-state index in [9.17, 15) is 0 Å². The molecule has 2 rings (SSSR count). The summed E-state index contributed by atoms with van der Waals surface area (Å²) < 4.78 is 1.06. The molecule has 2 aromatic rings. The maximum atomic E-state index is 6.33. The van der Waals surface area contributed by atoms with Gasteiger partial charge >= 0.3 is 0 Å². The van der Waals surface area contributed by atoms with E-state index in [1.807, 2.05) is 12.1 Å². The molecule has 1 atom stereocenters. The molecule has 0 bridgehead atoms. The second-order valence-corrected chi connectivity index (χ2v) is 6.37. The Kier molecular flexibility index (Phi) is 5.25. The van der Waals surface area contributed by atoms with Crippen LogP contribution in [0.1, 0.15) is 29.8 Å². The van der Waals surface area contributed by atoms with Crippen LogP contribution in [-0.2, 0) is 0 Å². The number of thiophene rings is 1. The highest BCUT2D eigenvalue weighted by Gasteiger charge is 2.17. The quantitative estimate of drug-likeness (QED) is 0.781. The van der Waals surface area contributed by atoms with Crippen molar-refractivity contribution < 1.29 is 0 Å². The molecule has 0 amide bonds. The van der Waals surface area contributed by atoms with E-state index in [0.717, 1.165) is 28.0 Å². The van der Waals surface area contributed by atoms with Gasteiger partial charge in [0.05, 0.1) is 6.04 Å². The summed E-state index contributed by atoms with van der Waals surface area (Å²) in [6.07, 6.45) is 1.10. The molecule has 1 aromatic carbocycles. The van der Waals surface area contributed by atoms with Crippen molar-refractivity contribution in [2.24, 2.45) is 0 Å². The SMILES string of the molecule is CCCNC(c1cccs1)c1cc(Br)ccc1Cl. The monoisotopic (exact) mass is 343 g/mol. The van der Waals surface area contributed by atoms with Crippen molar-refractivity contribution >= 4 is 38.9 Å². The van der Waals surface area contributed by atoms with E-state index in [0.29, 0.717) is 0 Å². The Morgan fingerprint density at radius 1 is 1.39 bits per heavy atom. The van der Waals surface area contributed by atoms with E-state index < -0.39 is 0 Å². The summed E-state index contributed by atoms with van der Waals surface area (Å²) in [6.45, 7) is 3.15. The Morgan fingerprint density at radius 3 is 2.89 bits per heavy atom. The molecule has 1 aromatic heterocycles. The first-order valence-electron chi connectivity index (χ1n) is 5.94. The van der Waals surface area contributed by atoms with Crippen molar-refractivity contribution in [2.75, 3.05) is 6.54 Å². The van der Waals surface area contributed by atoms with Crippen LogP contribution < -0.4 is 5.32 Å². The molecule has 0 spiro atoms. The van der Waals surface area contributed by atoms with E-state index in [-0.39, 0.29) is 6.04 Å². The highest BCUT2D eigenvalue weighted by molar-refractivity contribution is 9.10. The van der Waals surface area contributed by atoms with Crippen LogP contribution in [0.2, 0.25) is 5.02 Å². The van der Waals surface area contributed by atoms with Crippen molar-refractivity contribution in [3.8, 4) is 0 Å². The molecule has 0 saturated heterocycles. The third kappa shape index (κ3) is 3.35. The van der Waals surface area contributed by atoms with Crippen molar-refractivity contribution in [3.63, 3.8) is 0 Å². The Hall–Kier alpha value is -0.350. The summed E-state index contributed by atoms with van der Waals surface area (Å²) in [4.78, 5) is 1.29. The molecular formula is C14H15BrClNS. The summed E-state index contributed by atoms with van der Waals surface area (Å²) in [6, 6.07) is 10.4. The van der Waals surface area contributed by atoms with Crippen molar-refractivity contribution in [1.82, 2.24) is 5.32 Å². The van der Waals surface area contributed by atoms with Crippen molar-refractivity contribution in [1.29, 1.82) is 0 Å². The summed E-state index contributed by atoms with van der Waals surface area (Å²) in [7, 11) is 0. The van der Waals surface area contributed by atoms with Crippen LogP contribution in [0.15, 0.2) is 40.2 Å².